The summed E-state index contributed by atoms with van der Waals surface area (Å²) < 4.78 is 3.16. The molecule has 114 valence electrons. The molecule has 0 bridgehead atoms. The number of benzene rings is 1. The van der Waals surface area contributed by atoms with Crippen LogP contribution in [-0.2, 0) is 6.54 Å². The first-order valence-electron chi connectivity index (χ1n) is 7.29. The van der Waals surface area contributed by atoms with Gasteiger partial charge in [-0.25, -0.2) is 0 Å². The molecule has 1 N–H and O–H groups in total. The lowest BCUT2D eigenvalue weighted by atomic mass is 10.0. The fourth-order valence-corrected chi connectivity index (χ4v) is 3.36. The fraction of sp³-hybridized carbons (Fsp3) is 0.438. The molecule has 1 aromatic heterocycles. The van der Waals surface area contributed by atoms with Crippen molar-refractivity contribution in [3.05, 3.63) is 46.2 Å². The first-order chi connectivity index (χ1) is 10.2. The Morgan fingerprint density at radius 1 is 1.29 bits per heavy atom. The Morgan fingerprint density at radius 2 is 2.00 bits per heavy atom. The third-order valence-corrected chi connectivity index (χ3v) is 4.75. The smallest absolute Gasteiger partial charge is 0.0759 e. The number of thioether (sulfide) groups is 1. The minimum atomic E-state index is 0.161. The Hall–Kier alpha value is -0.780. The molecular weight excluding hydrogens is 346 g/mol. The molecule has 1 unspecified atom stereocenters. The lowest BCUT2D eigenvalue weighted by Crippen LogP contribution is -2.25. The van der Waals surface area contributed by atoms with Crippen molar-refractivity contribution in [2.45, 2.75) is 37.8 Å². The summed E-state index contributed by atoms with van der Waals surface area (Å²) >= 11 is 5.42. The predicted molar refractivity (Wildman–Crippen MR) is 94.0 cm³/mol. The van der Waals surface area contributed by atoms with Crippen LogP contribution >= 0.6 is 27.7 Å². The summed E-state index contributed by atoms with van der Waals surface area (Å²) in [5.41, 5.74) is 2.48. The molecule has 1 aromatic carbocycles. The van der Waals surface area contributed by atoms with E-state index in [1.165, 1.54) is 16.2 Å². The first-order valence-corrected chi connectivity index (χ1v) is 9.31. The highest BCUT2D eigenvalue weighted by atomic mass is 79.9. The molecule has 0 aliphatic carbocycles. The van der Waals surface area contributed by atoms with E-state index in [2.05, 4.69) is 75.4 Å². The fourth-order valence-electron chi connectivity index (χ4n) is 2.42. The second-order valence-corrected chi connectivity index (χ2v) is 6.60. The predicted octanol–water partition coefficient (Wildman–Crippen LogP) is 4.48. The van der Waals surface area contributed by atoms with Gasteiger partial charge in [0, 0.05) is 11.4 Å². The lowest BCUT2D eigenvalue weighted by molar-refractivity contribution is 0.519. The lowest BCUT2D eigenvalue weighted by Gasteiger charge is -2.21. The van der Waals surface area contributed by atoms with Gasteiger partial charge in [0.05, 0.1) is 22.4 Å². The summed E-state index contributed by atoms with van der Waals surface area (Å²) in [5.74, 6) is 0. The zero-order chi connectivity index (χ0) is 15.2. The van der Waals surface area contributed by atoms with Gasteiger partial charge in [-0.3, -0.25) is 4.68 Å². The summed E-state index contributed by atoms with van der Waals surface area (Å²) in [5, 5.41) is 8.07. The van der Waals surface area contributed by atoms with Crippen molar-refractivity contribution in [2.24, 2.45) is 0 Å². The van der Waals surface area contributed by atoms with Gasteiger partial charge in [-0.1, -0.05) is 26.0 Å². The van der Waals surface area contributed by atoms with E-state index in [4.69, 9.17) is 0 Å². The highest BCUT2D eigenvalue weighted by Crippen LogP contribution is 2.30. The number of hydrogen-bond donors (Lipinski definition) is 1. The van der Waals surface area contributed by atoms with Crippen molar-refractivity contribution < 1.29 is 0 Å². The zero-order valence-corrected chi connectivity index (χ0v) is 15.2. The Kier molecular flexibility index (Phi) is 6.33. The second-order valence-electron chi connectivity index (χ2n) is 4.86. The maximum atomic E-state index is 4.49. The molecule has 2 aromatic rings. The molecule has 0 saturated heterocycles. The van der Waals surface area contributed by atoms with E-state index in [-0.39, 0.29) is 6.04 Å². The van der Waals surface area contributed by atoms with Crippen molar-refractivity contribution in [1.29, 1.82) is 0 Å². The van der Waals surface area contributed by atoms with Crippen LogP contribution in [0.2, 0.25) is 0 Å². The van der Waals surface area contributed by atoms with Crippen molar-refractivity contribution in [3.63, 3.8) is 0 Å². The Bertz CT molecular complexity index is 565. The van der Waals surface area contributed by atoms with Crippen LogP contribution in [0.4, 0.5) is 0 Å². The molecule has 0 spiro atoms. The average molecular weight is 368 g/mol. The number of hydrogen-bond acceptors (Lipinski definition) is 3. The van der Waals surface area contributed by atoms with E-state index >= 15 is 0 Å². The van der Waals surface area contributed by atoms with Crippen LogP contribution in [0.5, 0.6) is 0 Å². The van der Waals surface area contributed by atoms with Gasteiger partial charge >= 0.3 is 0 Å². The number of nitrogens with one attached hydrogen (secondary N) is 1. The van der Waals surface area contributed by atoms with E-state index in [1.54, 1.807) is 11.8 Å². The first kappa shape index (κ1) is 16.6. The molecule has 21 heavy (non-hydrogen) atoms. The minimum Gasteiger partial charge on any atom is -0.305 e. The van der Waals surface area contributed by atoms with Gasteiger partial charge in [0.1, 0.15) is 0 Å². The van der Waals surface area contributed by atoms with E-state index in [0.29, 0.717) is 0 Å². The Balaban J connectivity index is 2.40. The van der Waals surface area contributed by atoms with E-state index in [1.807, 2.05) is 6.20 Å². The number of aryl methyl sites for hydroxylation is 1. The SMILES string of the molecule is CCCn1ncc(Br)c1C(NCC)c1ccc(SC)cc1. The van der Waals surface area contributed by atoms with Crippen LogP contribution in [0.3, 0.4) is 0 Å². The molecule has 5 heteroatoms. The van der Waals surface area contributed by atoms with Gasteiger partial charge in [0.25, 0.3) is 0 Å². The molecule has 3 nitrogen and oxygen atoms in total. The number of nitrogens with zero attached hydrogens (tertiary/aromatic N) is 2. The topological polar surface area (TPSA) is 29.9 Å². The summed E-state index contributed by atoms with van der Waals surface area (Å²) in [6.07, 6.45) is 5.07. The third-order valence-electron chi connectivity index (χ3n) is 3.40. The molecular formula is C16H22BrN3S. The zero-order valence-electron chi connectivity index (χ0n) is 12.8. The maximum absolute atomic E-state index is 4.49. The van der Waals surface area contributed by atoms with Gasteiger partial charge in [0.15, 0.2) is 0 Å². The monoisotopic (exact) mass is 367 g/mol. The summed E-state index contributed by atoms with van der Waals surface area (Å²) in [4.78, 5) is 1.29. The van der Waals surface area contributed by atoms with Crippen LogP contribution in [-0.4, -0.2) is 22.6 Å². The molecule has 1 heterocycles. The number of aromatic nitrogens is 2. The Labute approximate surface area is 139 Å². The summed E-state index contributed by atoms with van der Waals surface area (Å²) in [6, 6.07) is 8.93. The van der Waals surface area contributed by atoms with Crippen molar-refractivity contribution in [2.75, 3.05) is 12.8 Å². The van der Waals surface area contributed by atoms with E-state index in [9.17, 15) is 0 Å². The van der Waals surface area contributed by atoms with Crippen molar-refractivity contribution in [3.8, 4) is 0 Å². The molecule has 0 radical (unpaired) electrons. The van der Waals surface area contributed by atoms with Gasteiger partial charge in [-0.2, -0.15) is 5.10 Å². The molecule has 0 aliphatic rings. The normalized spacial score (nSPS) is 12.6. The van der Waals surface area contributed by atoms with Crippen LogP contribution in [0, 0.1) is 0 Å². The molecule has 1 atom stereocenters. The van der Waals surface area contributed by atoms with Crippen molar-refractivity contribution >= 4 is 27.7 Å². The standard InChI is InChI=1S/C16H22BrN3S/c1-4-10-20-16(14(17)11-19-20)15(18-5-2)12-6-8-13(21-3)9-7-12/h6-9,11,15,18H,4-5,10H2,1-3H3. The van der Waals surface area contributed by atoms with Gasteiger partial charge in [-0.15, -0.1) is 11.8 Å². The summed E-state index contributed by atoms with van der Waals surface area (Å²) in [7, 11) is 0. The molecule has 0 aliphatic heterocycles. The van der Waals surface area contributed by atoms with E-state index < -0.39 is 0 Å². The van der Waals surface area contributed by atoms with Gasteiger partial charge in [0.2, 0.25) is 0 Å². The third kappa shape index (κ3) is 3.90. The highest BCUT2D eigenvalue weighted by Gasteiger charge is 2.20. The largest absolute Gasteiger partial charge is 0.305 e. The minimum absolute atomic E-state index is 0.161. The van der Waals surface area contributed by atoms with Crippen molar-refractivity contribution in [1.82, 2.24) is 15.1 Å². The van der Waals surface area contributed by atoms with Gasteiger partial charge < -0.3 is 5.32 Å². The number of rotatable bonds is 7. The number of halogens is 1. The molecule has 0 amide bonds. The van der Waals surface area contributed by atoms with E-state index in [0.717, 1.165) is 24.0 Å². The van der Waals surface area contributed by atoms with Crippen LogP contribution in [0.25, 0.3) is 0 Å². The van der Waals surface area contributed by atoms with Crippen LogP contribution in [0.15, 0.2) is 39.8 Å². The highest BCUT2D eigenvalue weighted by molar-refractivity contribution is 9.10. The average Bonchev–Trinajstić information content (AvgIpc) is 2.86. The maximum Gasteiger partial charge on any atom is 0.0759 e. The van der Waals surface area contributed by atoms with Gasteiger partial charge in [-0.05, 0) is 52.8 Å². The molecule has 0 fully saturated rings. The molecule has 0 saturated carbocycles. The quantitative estimate of drug-likeness (QED) is 0.731. The second kappa shape index (κ2) is 8.01. The Morgan fingerprint density at radius 3 is 2.57 bits per heavy atom. The summed E-state index contributed by atoms with van der Waals surface area (Å²) in [6.45, 7) is 6.16. The van der Waals surface area contributed by atoms with Crippen LogP contribution < -0.4 is 5.32 Å². The molecule has 2 rings (SSSR count). The van der Waals surface area contributed by atoms with Crippen LogP contribution in [0.1, 0.15) is 37.6 Å².